The molecule has 0 aromatic heterocycles. The van der Waals surface area contributed by atoms with Crippen molar-refractivity contribution in [2.24, 2.45) is 0 Å². The molecule has 0 rings (SSSR count). The fraction of sp³-hybridized carbons (Fsp3) is 0.667. The lowest BCUT2D eigenvalue weighted by Crippen LogP contribution is -2.37. The Morgan fingerprint density at radius 2 is 1.88 bits per heavy atom. The van der Waals surface area contributed by atoms with Crippen molar-refractivity contribution in [2.45, 2.75) is 20.3 Å². The zero-order valence-corrected chi connectivity index (χ0v) is 10.7. The van der Waals surface area contributed by atoms with E-state index in [4.69, 9.17) is 0 Å². The molecule has 0 fully saturated rings. The van der Waals surface area contributed by atoms with E-state index in [-0.39, 0.29) is 11.7 Å². The van der Waals surface area contributed by atoms with E-state index in [0.29, 0.717) is 13.1 Å². The topological polar surface area (TPSA) is 40.6 Å². The minimum absolute atomic E-state index is 0.0374. The van der Waals surface area contributed by atoms with Gasteiger partial charge in [-0.3, -0.25) is 14.5 Å². The van der Waals surface area contributed by atoms with Crippen LogP contribution in [0.1, 0.15) is 20.3 Å². The number of amides is 1. The van der Waals surface area contributed by atoms with Crippen LogP contribution >= 0.6 is 0 Å². The molecule has 0 bridgehead atoms. The average Bonchev–Trinajstić information content (AvgIpc) is 2.17. The number of likely N-dealkylation sites (N-methyl/N-ethyl adjacent to an activating group) is 1. The van der Waals surface area contributed by atoms with Gasteiger partial charge in [-0.1, -0.05) is 13.0 Å². The Labute approximate surface area is 97.9 Å². The van der Waals surface area contributed by atoms with Gasteiger partial charge in [0, 0.05) is 20.6 Å². The summed E-state index contributed by atoms with van der Waals surface area (Å²) in [5.74, 6) is 0.125. The summed E-state index contributed by atoms with van der Waals surface area (Å²) in [7, 11) is 3.50. The van der Waals surface area contributed by atoms with E-state index in [1.54, 1.807) is 31.1 Å². The van der Waals surface area contributed by atoms with Gasteiger partial charge in [-0.15, -0.1) is 0 Å². The molecule has 0 saturated carbocycles. The first-order valence-electron chi connectivity index (χ1n) is 5.57. The average molecular weight is 226 g/mol. The van der Waals surface area contributed by atoms with Crippen molar-refractivity contribution in [1.29, 1.82) is 0 Å². The first kappa shape index (κ1) is 14.8. The lowest BCUT2D eigenvalue weighted by atomic mass is 10.3. The monoisotopic (exact) mass is 226 g/mol. The molecule has 0 N–H and O–H groups in total. The molecule has 0 aliphatic carbocycles. The summed E-state index contributed by atoms with van der Waals surface area (Å²) in [6.07, 6.45) is 4.35. The predicted octanol–water partition coefficient (Wildman–Crippen LogP) is 0.932. The van der Waals surface area contributed by atoms with Gasteiger partial charge in [0.25, 0.3) is 0 Å². The number of nitrogens with zero attached hydrogens (tertiary/aromatic N) is 2. The first-order chi connectivity index (χ1) is 7.47. The van der Waals surface area contributed by atoms with E-state index in [0.717, 1.165) is 13.0 Å². The van der Waals surface area contributed by atoms with Crippen molar-refractivity contribution in [3.8, 4) is 0 Å². The molecule has 16 heavy (non-hydrogen) atoms. The molecule has 0 radical (unpaired) electrons. The highest BCUT2D eigenvalue weighted by Gasteiger charge is 2.09. The Bertz CT molecular complexity index is 260. The molecule has 0 unspecified atom stereocenters. The van der Waals surface area contributed by atoms with Crippen LogP contribution in [0.5, 0.6) is 0 Å². The normalized spacial score (nSPS) is 11.1. The minimum Gasteiger partial charge on any atom is -0.348 e. The van der Waals surface area contributed by atoms with Gasteiger partial charge in [0.05, 0.1) is 6.54 Å². The molecular weight excluding hydrogens is 204 g/mol. The number of hydrogen-bond acceptors (Lipinski definition) is 3. The number of carbonyl (C=O) groups excluding carboxylic acids is 2. The van der Waals surface area contributed by atoms with Crippen LogP contribution in [0.25, 0.3) is 0 Å². The fourth-order valence-corrected chi connectivity index (χ4v) is 1.25. The van der Waals surface area contributed by atoms with Crippen molar-refractivity contribution in [3.63, 3.8) is 0 Å². The van der Waals surface area contributed by atoms with Gasteiger partial charge in [-0.2, -0.15) is 0 Å². The van der Waals surface area contributed by atoms with Gasteiger partial charge in [0.2, 0.25) is 5.91 Å². The summed E-state index contributed by atoms with van der Waals surface area (Å²) >= 11 is 0. The van der Waals surface area contributed by atoms with Gasteiger partial charge in [0.15, 0.2) is 5.78 Å². The fourth-order valence-electron chi connectivity index (χ4n) is 1.25. The zero-order valence-electron chi connectivity index (χ0n) is 10.7. The second kappa shape index (κ2) is 8.05. The maximum Gasteiger partial charge on any atom is 0.236 e. The molecule has 0 heterocycles. The quantitative estimate of drug-likeness (QED) is 0.606. The van der Waals surface area contributed by atoms with Gasteiger partial charge >= 0.3 is 0 Å². The third-order valence-corrected chi connectivity index (χ3v) is 2.11. The van der Waals surface area contributed by atoms with E-state index in [2.05, 4.69) is 6.92 Å². The number of hydrogen-bond donors (Lipinski definition) is 0. The predicted molar refractivity (Wildman–Crippen MR) is 65.2 cm³/mol. The van der Waals surface area contributed by atoms with Crippen LogP contribution in [0.3, 0.4) is 0 Å². The summed E-state index contributed by atoms with van der Waals surface area (Å²) in [5.41, 5.74) is 0. The second-order valence-corrected chi connectivity index (χ2v) is 4.04. The van der Waals surface area contributed by atoms with E-state index in [9.17, 15) is 9.59 Å². The SMILES string of the molecule is CCCN(C/C=C/C(C)=O)CC(=O)N(C)C. The third kappa shape index (κ3) is 7.17. The van der Waals surface area contributed by atoms with Crippen LogP contribution < -0.4 is 0 Å². The second-order valence-electron chi connectivity index (χ2n) is 4.04. The molecule has 0 atom stereocenters. The first-order valence-corrected chi connectivity index (χ1v) is 5.57. The van der Waals surface area contributed by atoms with Gasteiger partial charge in [-0.25, -0.2) is 0 Å². The molecule has 0 aliphatic rings. The summed E-state index contributed by atoms with van der Waals surface area (Å²) < 4.78 is 0. The molecule has 92 valence electrons. The van der Waals surface area contributed by atoms with Crippen molar-refractivity contribution in [2.75, 3.05) is 33.7 Å². The van der Waals surface area contributed by atoms with Crippen LogP contribution in [0, 0.1) is 0 Å². The summed E-state index contributed by atoms with van der Waals surface area (Å²) in [6, 6.07) is 0. The van der Waals surface area contributed by atoms with E-state index < -0.39 is 0 Å². The van der Waals surface area contributed by atoms with E-state index in [1.165, 1.54) is 6.92 Å². The van der Waals surface area contributed by atoms with Crippen molar-refractivity contribution in [3.05, 3.63) is 12.2 Å². The lowest BCUT2D eigenvalue weighted by Gasteiger charge is -2.21. The Kier molecular flexibility index (Phi) is 7.46. The minimum atomic E-state index is 0.0374. The molecule has 4 nitrogen and oxygen atoms in total. The van der Waals surface area contributed by atoms with Crippen LogP contribution in [0.4, 0.5) is 0 Å². The Hall–Kier alpha value is -1.16. The highest BCUT2D eigenvalue weighted by atomic mass is 16.2. The molecule has 0 saturated heterocycles. The Morgan fingerprint density at radius 1 is 1.25 bits per heavy atom. The highest BCUT2D eigenvalue weighted by Crippen LogP contribution is 1.94. The molecule has 0 aromatic carbocycles. The summed E-state index contributed by atoms with van der Waals surface area (Å²) in [5, 5.41) is 0. The standard InChI is InChI=1S/C12H22N2O2/c1-5-8-14(9-6-7-11(2)15)10-12(16)13(3)4/h6-7H,5,8-10H2,1-4H3/b7-6+. The molecule has 0 aromatic rings. The third-order valence-electron chi connectivity index (χ3n) is 2.11. The van der Waals surface area contributed by atoms with E-state index in [1.807, 2.05) is 4.90 Å². The van der Waals surface area contributed by atoms with E-state index >= 15 is 0 Å². The summed E-state index contributed by atoms with van der Waals surface area (Å²) in [6.45, 7) is 5.51. The number of allylic oxidation sites excluding steroid dienone is 1. The molecule has 0 aliphatic heterocycles. The van der Waals surface area contributed by atoms with Gasteiger partial charge < -0.3 is 4.90 Å². The Balaban J connectivity index is 4.16. The lowest BCUT2D eigenvalue weighted by molar-refractivity contribution is -0.129. The molecular formula is C12H22N2O2. The highest BCUT2D eigenvalue weighted by molar-refractivity contribution is 5.87. The van der Waals surface area contributed by atoms with Gasteiger partial charge in [-0.05, 0) is 26.0 Å². The maximum atomic E-state index is 11.5. The van der Waals surface area contributed by atoms with Crippen LogP contribution in [0.15, 0.2) is 12.2 Å². The smallest absolute Gasteiger partial charge is 0.236 e. The largest absolute Gasteiger partial charge is 0.348 e. The van der Waals surface area contributed by atoms with Crippen LogP contribution in [0.2, 0.25) is 0 Å². The van der Waals surface area contributed by atoms with Gasteiger partial charge in [0.1, 0.15) is 0 Å². The summed E-state index contributed by atoms with van der Waals surface area (Å²) in [4.78, 5) is 25.9. The van der Waals surface area contributed by atoms with Crippen LogP contribution in [-0.4, -0.2) is 55.2 Å². The van der Waals surface area contributed by atoms with Crippen molar-refractivity contribution < 1.29 is 9.59 Å². The Morgan fingerprint density at radius 3 is 2.31 bits per heavy atom. The molecule has 0 spiro atoms. The van der Waals surface area contributed by atoms with Crippen LogP contribution in [-0.2, 0) is 9.59 Å². The zero-order chi connectivity index (χ0) is 12.6. The maximum absolute atomic E-state index is 11.5. The number of ketones is 1. The molecule has 1 amide bonds. The van der Waals surface area contributed by atoms with Crippen molar-refractivity contribution in [1.82, 2.24) is 9.80 Å². The van der Waals surface area contributed by atoms with Crippen molar-refractivity contribution >= 4 is 11.7 Å². The number of rotatable bonds is 7. The number of carbonyl (C=O) groups is 2. The molecule has 4 heteroatoms.